The number of ether oxygens (including phenoxy) is 2. The lowest BCUT2D eigenvalue weighted by atomic mass is 10.1. The topological polar surface area (TPSA) is 117 Å². The van der Waals surface area contributed by atoms with Crippen molar-refractivity contribution in [3.05, 3.63) is 87.3 Å². The van der Waals surface area contributed by atoms with E-state index < -0.39 is 23.5 Å². The Hall–Kier alpha value is -4.31. The number of carbonyl (C=O) groups excluding carboxylic acids is 3. The Labute approximate surface area is 216 Å². The van der Waals surface area contributed by atoms with Crippen LogP contribution in [0.4, 0.5) is 5.69 Å². The molecule has 2 aromatic heterocycles. The monoisotopic (exact) mass is 519 g/mol. The number of anilines is 1. The average molecular weight is 520 g/mol. The number of thiophene rings is 1. The summed E-state index contributed by atoms with van der Waals surface area (Å²) in [5.41, 5.74) is 1.05. The van der Waals surface area contributed by atoms with Gasteiger partial charge in [0, 0.05) is 11.3 Å². The van der Waals surface area contributed by atoms with E-state index >= 15 is 0 Å². The Kier molecular flexibility index (Phi) is 7.78. The van der Waals surface area contributed by atoms with E-state index in [0.717, 1.165) is 11.3 Å². The molecule has 0 aliphatic carbocycles. The molecule has 1 N–H and O–H groups in total. The number of para-hydroxylation sites is 1. The van der Waals surface area contributed by atoms with Gasteiger partial charge in [0.1, 0.15) is 34.7 Å². The standard InChI is InChI=1S/C27H25N3O6S/c1-16-22-25(37-23(16)27(34)36-14-13-35-21-7-5-4-6-8-21)28-15-30(26(22)33)17(2)24(32)29-20-11-9-19(10-12-20)18(3)31/h4-12,15,17H,13-14H2,1-3H3,(H,29,32). The minimum Gasteiger partial charge on any atom is -0.490 e. The molecule has 2 aromatic carbocycles. The third-order valence-corrected chi connectivity index (χ3v) is 6.93. The van der Waals surface area contributed by atoms with Gasteiger partial charge in [-0.1, -0.05) is 18.2 Å². The van der Waals surface area contributed by atoms with Crippen LogP contribution in [0, 0.1) is 6.92 Å². The Bertz CT molecular complexity index is 1510. The summed E-state index contributed by atoms with van der Waals surface area (Å²) >= 11 is 1.07. The molecule has 0 saturated heterocycles. The molecule has 0 radical (unpaired) electrons. The normalized spacial score (nSPS) is 11.6. The zero-order valence-electron chi connectivity index (χ0n) is 20.5. The average Bonchev–Trinajstić information content (AvgIpc) is 3.24. The molecular weight excluding hydrogens is 494 g/mol. The largest absolute Gasteiger partial charge is 0.490 e. The third-order valence-electron chi connectivity index (χ3n) is 5.75. The van der Waals surface area contributed by atoms with Gasteiger partial charge >= 0.3 is 5.97 Å². The predicted octanol–water partition coefficient (Wildman–Crippen LogP) is 4.40. The van der Waals surface area contributed by atoms with Crippen molar-refractivity contribution in [2.45, 2.75) is 26.8 Å². The molecule has 0 bridgehead atoms. The summed E-state index contributed by atoms with van der Waals surface area (Å²) in [5, 5.41) is 3.01. The van der Waals surface area contributed by atoms with E-state index in [1.807, 2.05) is 18.2 Å². The van der Waals surface area contributed by atoms with Crippen LogP contribution in [-0.2, 0) is 9.53 Å². The first-order valence-electron chi connectivity index (χ1n) is 11.5. The van der Waals surface area contributed by atoms with Crippen molar-refractivity contribution in [3.63, 3.8) is 0 Å². The molecule has 2 heterocycles. The summed E-state index contributed by atoms with van der Waals surface area (Å²) in [6.45, 7) is 4.93. The number of nitrogens with zero attached hydrogens (tertiary/aromatic N) is 2. The zero-order chi connectivity index (χ0) is 26.5. The number of aryl methyl sites for hydroxylation is 1. The second-order valence-corrected chi connectivity index (χ2v) is 9.29. The molecule has 0 saturated carbocycles. The third kappa shape index (κ3) is 5.75. The van der Waals surface area contributed by atoms with Crippen molar-refractivity contribution >= 4 is 44.9 Å². The maximum absolute atomic E-state index is 13.3. The van der Waals surface area contributed by atoms with Gasteiger partial charge in [0.2, 0.25) is 5.91 Å². The van der Waals surface area contributed by atoms with Gasteiger partial charge in [-0.05, 0) is 62.7 Å². The molecule has 0 fully saturated rings. The van der Waals surface area contributed by atoms with Crippen LogP contribution in [-0.4, -0.2) is 40.4 Å². The highest BCUT2D eigenvalue weighted by atomic mass is 32.1. The lowest BCUT2D eigenvalue weighted by Crippen LogP contribution is -2.31. The van der Waals surface area contributed by atoms with Crippen molar-refractivity contribution in [3.8, 4) is 5.75 Å². The number of hydrogen-bond donors (Lipinski definition) is 1. The van der Waals surface area contributed by atoms with Crippen LogP contribution in [0.25, 0.3) is 10.2 Å². The fourth-order valence-corrected chi connectivity index (χ4v) is 4.68. The van der Waals surface area contributed by atoms with E-state index in [9.17, 15) is 19.2 Å². The van der Waals surface area contributed by atoms with Crippen LogP contribution >= 0.6 is 11.3 Å². The minimum atomic E-state index is -0.873. The van der Waals surface area contributed by atoms with E-state index in [2.05, 4.69) is 10.3 Å². The summed E-state index contributed by atoms with van der Waals surface area (Å²) in [6, 6.07) is 14.8. The molecule has 1 atom stereocenters. The molecule has 4 rings (SSSR count). The maximum Gasteiger partial charge on any atom is 0.348 e. The number of carbonyl (C=O) groups is 3. The Balaban J connectivity index is 1.46. The molecule has 1 amide bonds. The zero-order valence-corrected chi connectivity index (χ0v) is 21.3. The van der Waals surface area contributed by atoms with E-state index in [1.54, 1.807) is 50.2 Å². The Morgan fingerprint density at radius 2 is 1.76 bits per heavy atom. The number of ketones is 1. The van der Waals surface area contributed by atoms with Crippen molar-refractivity contribution in [2.24, 2.45) is 0 Å². The summed E-state index contributed by atoms with van der Waals surface area (Å²) in [4.78, 5) is 55.2. The highest BCUT2D eigenvalue weighted by Crippen LogP contribution is 2.28. The molecule has 0 aliphatic heterocycles. The fourth-order valence-electron chi connectivity index (χ4n) is 3.65. The van der Waals surface area contributed by atoms with Crippen LogP contribution in [0.3, 0.4) is 0 Å². The second kappa shape index (κ2) is 11.2. The number of fused-ring (bicyclic) bond motifs is 1. The van der Waals surface area contributed by atoms with E-state index in [1.165, 1.54) is 17.8 Å². The van der Waals surface area contributed by atoms with Crippen molar-refractivity contribution in [1.29, 1.82) is 0 Å². The quantitative estimate of drug-likeness (QED) is 0.198. The van der Waals surface area contributed by atoms with Crippen LogP contribution in [0.1, 0.15) is 45.5 Å². The fraction of sp³-hybridized carbons (Fsp3) is 0.222. The van der Waals surface area contributed by atoms with E-state index in [-0.39, 0.29) is 29.3 Å². The van der Waals surface area contributed by atoms with Crippen LogP contribution in [0.5, 0.6) is 5.75 Å². The van der Waals surface area contributed by atoms with Gasteiger partial charge in [-0.25, -0.2) is 9.78 Å². The number of nitrogens with one attached hydrogen (secondary N) is 1. The molecule has 10 heteroatoms. The molecule has 4 aromatic rings. The highest BCUT2D eigenvalue weighted by molar-refractivity contribution is 7.20. The van der Waals surface area contributed by atoms with Gasteiger partial charge in [-0.3, -0.25) is 19.0 Å². The molecule has 9 nitrogen and oxygen atoms in total. The summed E-state index contributed by atoms with van der Waals surface area (Å²) in [7, 11) is 0. The first-order valence-corrected chi connectivity index (χ1v) is 12.3. The van der Waals surface area contributed by atoms with Crippen LogP contribution in [0.15, 0.2) is 65.7 Å². The molecule has 0 spiro atoms. The lowest BCUT2D eigenvalue weighted by molar-refractivity contribution is -0.118. The smallest absolute Gasteiger partial charge is 0.348 e. The van der Waals surface area contributed by atoms with Crippen molar-refractivity contribution < 1.29 is 23.9 Å². The first kappa shape index (κ1) is 25.8. The molecule has 1 unspecified atom stereocenters. The maximum atomic E-state index is 13.3. The number of esters is 1. The van der Waals surface area contributed by atoms with Gasteiger partial charge in [0.05, 0.1) is 11.7 Å². The van der Waals surface area contributed by atoms with Crippen molar-refractivity contribution in [1.82, 2.24) is 9.55 Å². The van der Waals surface area contributed by atoms with Crippen molar-refractivity contribution in [2.75, 3.05) is 18.5 Å². The SMILES string of the molecule is CC(=O)c1ccc(NC(=O)C(C)n2cnc3sc(C(=O)OCCOc4ccccc4)c(C)c3c2=O)cc1. The van der Waals surface area contributed by atoms with E-state index in [4.69, 9.17) is 9.47 Å². The van der Waals surface area contributed by atoms with Gasteiger partial charge in [0.25, 0.3) is 5.56 Å². The second-order valence-electron chi connectivity index (χ2n) is 8.29. The summed E-state index contributed by atoms with van der Waals surface area (Å²) < 4.78 is 12.1. The predicted molar refractivity (Wildman–Crippen MR) is 141 cm³/mol. The highest BCUT2D eigenvalue weighted by Gasteiger charge is 2.23. The van der Waals surface area contributed by atoms with Gasteiger partial charge in [-0.2, -0.15) is 0 Å². The Morgan fingerprint density at radius 3 is 2.43 bits per heavy atom. The van der Waals surface area contributed by atoms with Crippen LogP contribution < -0.4 is 15.6 Å². The van der Waals surface area contributed by atoms with Gasteiger partial charge in [-0.15, -0.1) is 11.3 Å². The number of rotatable bonds is 9. The Morgan fingerprint density at radius 1 is 1.05 bits per heavy atom. The minimum absolute atomic E-state index is 0.0453. The van der Waals surface area contributed by atoms with Gasteiger partial charge in [0.15, 0.2) is 5.78 Å². The number of Topliss-reactive ketones (excluding diaryl/α,β-unsaturated/α-hetero) is 1. The number of aromatic nitrogens is 2. The van der Waals surface area contributed by atoms with Crippen LogP contribution in [0.2, 0.25) is 0 Å². The summed E-state index contributed by atoms with van der Waals surface area (Å²) in [5.74, 6) is -0.396. The molecule has 37 heavy (non-hydrogen) atoms. The first-order chi connectivity index (χ1) is 17.8. The molecule has 190 valence electrons. The molecule has 0 aliphatic rings. The molecular formula is C27H25N3O6S. The van der Waals surface area contributed by atoms with Gasteiger partial charge < -0.3 is 14.8 Å². The van der Waals surface area contributed by atoms with E-state index in [0.29, 0.717) is 27.4 Å². The number of benzene rings is 2. The number of amides is 1. The number of hydrogen-bond acceptors (Lipinski definition) is 8. The lowest BCUT2D eigenvalue weighted by Gasteiger charge is -2.15. The summed E-state index contributed by atoms with van der Waals surface area (Å²) in [6.07, 6.45) is 1.30.